The molecule has 1 aromatic carbocycles. The van der Waals surface area contributed by atoms with E-state index in [-0.39, 0.29) is 5.91 Å². The van der Waals surface area contributed by atoms with Gasteiger partial charge < -0.3 is 10.2 Å². The zero-order chi connectivity index (χ0) is 14.7. The number of hydrogen-bond donors (Lipinski definition) is 2. The van der Waals surface area contributed by atoms with E-state index < -0.39 is 0 Å². The third kappa shape index (κ3) is 3.11. The molecule has 106 valence electrons. The minimum Gasteiger partial charge on any atom is -0.380 e. The smallest absolute Gasteiger partial charge is 0.253 e. The summed E-state index contributed by atoms with van der Waals surface area (Å²) in [6.45, 7) is 2.55. The van der Waals surface area contributed by atoms with Crippen molar-refractivity contribution in [3.05, 3.63) is 46.2 Å². The van der Waals surface area contributed by atoms with Crippen LogP contribution in [0.15, 0.2) is 24.4 Å². The van der Waals surface area contributed by atoms with Gasteiger partial charge in [0.2, 0.25) is 0 Å². The number of anilines is 1. The molecule has 0 aliphatic heterocycles. The summed E-state index contributed by atoms with van der Waals surface area (Å²) in [4.78, 5) is 13.5. The van der Waals surface area contributed by atoms with Gasteiger partial charge in [0.25, 0.3) is 5.91 Å². The number of nitrogens with zero attached hydrogens (tertiary/aromatic N) is 2. The van der Waals surface area contributed by atoms with Gasteiger partial charge in [-0.15, -0.1) is 0 Å². The Hall–Kier alpha value is -2.01. The summed E-state index contributed by atoms with van der Waals surface area (Å²) in [7, 11) is 3.44. The minimum atomic E-state index is -0.0517. The third-order valence-electron chi connectivity index (χ3n) is 3.02. The van der Waals surface area contributed by atoms with E-state index in [0.29, 0.717) is 17.1 Å². The van der Waals surface area contributed by atoms with Crippen molar-refractivity contribution in [2.75, 3.05) is 19.4 Å². The molecule has 1 aromatic heterocycles. The van der Waals surface area contributed by atoms with E-state index in [1.165, 1.54) is 4.90 Å². The van der Waals surface area contributed by atoms with Gasteiger partial charge in [-0.05, 0) is 25.1 Å². The van der Waals surface area contributed by atoms with Crippen LogP contribution in [0.25, 0.3) is 0 Å². The number of nitrogens with one attached hydrogen (secondary N) is 2. The molecule has 0 saturated heterocycles. The van der Waals surface area contributed by atoms with Crippen molar-refractivity contribution in [1.82, 2.24) is 15.1 Å². The zero-order valence-corrected chi connectivity index (χ0v) is 12.5. The van der Waals surface area contributed by atoms with Gasteiger partial charge in [0.15, 0.2) is 0 Å². The lowest BCUT2D eigenvalue weighted by molar-refractivity contribution is 0.0827. The van der Waals surface area contributed by atoms with Crippen molar-refractivity contribution in [1.29, 1.82) is 0 Å². The lowest BCUT2D eigenvalue weighted by Crippen LogP contribution is -2.21. The highest BCUT2D eigenvalue weighted by Crippen LogP contribution is 2.24. The van der Waals surface area contributed by atoms with Gasteiger partial charge in [0.1, 0.15) is 0 Å². The highest BCUT2D eigenvalue weighted by Gasteiger charge is 2.11. The Morgan fingerprint density at radius 1 is 1.45 bits per heavy atom. The molecule has 0 unspecified atom stereocenters. The fraction of sp³-hybridized carbons (Fsp3) is 0.286. The second-order valence-electron chi connectivity index (χ2n) is 4.77. The first-order valence-corrected chi connectivity index (χ1v) is 6.60. The SMILES string of the molecule is Cc1[nH]ncc1CNc1cc(C(=O)N(C)C)ccc1Cl. The fourth-order valence-electron chi connectivity index (χ4n) is 1.80. The number of carbonyl (C=O) groups is 1. The number of amides is 1. The quantitative estimate of drug-likeness (QED) is 0.911. The molecule has 1 heterocycles. The predicted octanol–water partition coefficient (Wildman–Crippen LogP) is 2.69. The molecule has 0 aliphatic rings. The van der Waals surface area contributed by atoms with Crippen LogP contribution >= 0.6 is 11.6 Å². The van der Waals surface area contributed by atoms with Crippen molar-refractivity contribution < 1.29 is 4.79 Å². The topological polar surface area (TPSA) is 61.0 Å². The first-order chi connectivity index (χ1) is 9.49. The van der Waals surface area contributed by atoms with Crippen molar-refractivity contribution in [3.63, 3.8) is 0 Å². The summed E-state index contributed by atoms with van der Waals surface area (Å²) in [6, 6.07) is 5.21. The molecular weight excluding hydrogens is 276 g/mol. The van der Waals surface area contributed by atoms with Crippen LogP contribution < -0.4 is 5.32 Å². The highest BCUT2D eigenvalue weighted by molar-refractivity contribution is 6.33. The van der Waals surface area contributed by atoms with Gasteiger partial charge in [-0.2, -0.15) is 5.10 Å². The maximum absolute atomic E-state index is 11.9. The molecule has 0 fully saturated rings. The Bertz CT molecular complexity index is 621. The molecule has 0 aliphatic carbocycles. The number of halogens is 1. The Labute approximate surface area is 122 Å². The van der Waals surface area contributed by atoms with E-state index in [4.69, 9.17) is 11.6 Å². The van der Waals surface area contributed by atoms with Crippen molar-refractivity contribution in [2.45, 2.75) is 13.5 Å². The molecule has 5 nitrogen and oxygen atoms in total. The molecule has 0 spiro atoms. The Morgan fingerprint density at radius 3 is 2.80 bits per heavy atom. The Kier molecular flexibility index (Phi) is 4.29. The number of benzene rings is 1. The number of carbonyl (C=O) groups excluding carboxylic acids is 1. The van der Waals surface area contributed by atoms with E-state index in [0.717, 1.165) is 16.9 Å². The molecule has 2 aromatic rings. The van der Waals surface area contributed by atoms with Crippen LogP contribution in [0.2, 0.25) is 5.02 Å². The van der Waals surface area contributed by atoms with Crippen LogP contribution in [-0.2, 0) is 6.54 Å². The number of aromatic nitrogens is 2. The first kappa shape index (κ1) is 14.4. The Morgan fingerprint density at radius 2 is 2.20 bits per heavy atom. The van der Waals surface area contributed by atoms with Crippen molar-refractivity contribution in [2.24, 2.45) is 0 Å². The summed E-state index contributed by atoms with van der Waals surface area (Å²) in [5, 5.41) is 10.7. The molecule has 2 N–H and O–H groups in total. The lowest BCUT2D eigenvalue weighted by Gasteiger charge is -2.13. The predicted molar refractivity (Wildman–Crippen MR) is 80.1 cm³/mol. The minimum absolute atomic E-state index is 0.0517. The van der Waals surface area contributed by atoms with Crippen molar-refractivity contribution >= 4 is 23.2 Å². The van der Waals surface area contributed by atoms with E-state index in [1.807, 2.05) is 6.92 Å². The molecule has 0 bridgehead atoms. The zero-order valence-electron chi connectivity index (χ0n) is 11.7. The van der Waals surface area contributed by atoms with Crippen molar-refractivity contribution in [3.8, 4) is 0 Å². The van der Waals surface area contributed by atoms with E-state index in [9.17, 15) is 4.79 Å². The van der Waals surface area contributed by atoms with E-state index >= 15 is 0 Å². The summed E-state index contributed by atoms with van der Waals surface area (Å²) in [5.41, 5.74) is 3.41. The monoisotopic (exact) mass is 292 g/mol. The number of hydrogen-bond acceptors (Lipinski definition) is 3. The molecular formula is C14H17ClN4O. The number of H-pyrrole nitrogens is 1. The standard InChI is InChI=1S/C14H17ClN4O/c1-9-11(8-17-18-9)7-16-13-6-10(4-5-12(13)15)14(20)19(2)3/h4-6,8,16H,7H2,1-3H3,(H,17,18). The highest BCUT2D eigenvalue weighted by atomic mass is 35.5. The summed E-state index contributed by atoms with van der Waals surface area (Å²) < 4.78 is 0. The third-order valence-corrected chi connectivity index (χ3v) is 3.35. The van der Waals surface area contributed by atoms with Gasteiger partial charge in [-0.25, -0.2) is 0 Å². The van der Waals surface area contributed by atoms with Crippen LogP contribution in [0, 0.1) is 6.92 Å². The average Bonchev–Trinajstić information content (AvgIpc) is 2.82. The molecule has 2 rings (SSSR count). The van der Waals surface area contributed by atoms with Gasteiger partial charge >= 0.3 is 0 Å². The van der Waals surface area contributed by atoms with Crippen LogP contribution in [0.1, 0.15) is 21.6 Å². The summed E-state index contributed by atoms with van der Waals surface area (Å²) >= 11 is 6.15. The van der Waals surface area contributed by atoms with Crippen LogP contribution in [0.4, 0.5) is 5.69 Å². The lowest BCUT2D eigenvalue weighted by atomic mass is 10.1. The molecule has 20 heavy (non-hydrogen) atoms. The molecule has 1 amide bonds. The summed E-state index contributed by atoms with van der Waals surface area (Å²) in [5.74, 6) is -0.0517. The van der Waals surface area contributed by atoms with Gasteiger partial charge in [-0.1, -0.05) is 11.6 Å². The Balaban J connectivity index is 2.17. The first-order valence-electron chi connectivity index (χ1n) is 6.23. The molecule has 0 atom stereocenters. The number of aryl methyl sites for hydroxylation is 1. The molecule has 6 heteroatoms. The maximum Gasteiger partial charge on any atom is 0.253 e. The van der Waals surface area contributed by atoms with Gasteiger partial charge in [-0.3, -0.25) is 9.89 Å². The van der Waals surface area contributed by atoms with Crippen LogP contribution in [0.5, 0.6) is 0 Å². The molecule has 0 saturated carbocycles. The second kappa shape index (κ2) is 5.96. The van der Waals surface area contributed by atoms with E-state index in [2.05, 4.69) is 15.5 Å². The second-order valence-corrected chi connectivity index (χ2v) is 5.18. The van der Waals surface area contributed by atoms with E-state index in [1.54, 1.807) is 38.5 Å². The maximum atomic E-state index is 11.9. The normalized spacial score (nSPS) is 10.4. The number of rotatable bonds is 4. The van der Waals surface area contributed by atoms with Gasteiger partial charge in [0, 0.05) is 37.5 Å². The molecule has 0 radical (unpaired) electrons. The average molecular weight is 293 g/mol. The largest absolute Gasteiger partial charge is 0.380 e. The van der Waals surface area contributed by atoms with Crippen LogP contribution in [-0.4, -0.2) is 35.1 Å². The summed E-state index contributed by atoms with van der Waals surface area (Å²) in [6.07, 6.45) is 1.77. The van der Waals surface area contributed by atoms with Gasteiger partial charge in [0.05, 0.1) is 16.9 Å². The fourth-order valence-corrected chi connectivity index (χ4v) is 1.98. The van der Waals surface area contributed by atoms with Crippen LogP contribution in [0.3, 0.4) is 0 Å². The number of aromatic amines is 1.